The quantitative estimate of drug-likeness (QED) is 0.274. The van der Waals surface area contributed by atoms with Crippen LogP contribution in [-0.2, 0) is 9.47 Å². The van der Waals surface area contributed by atoms with Crippen molar-refractivity contribution >= 4 is 0 Å². The molecule has 1 aliphatic carbocycles. The van der Waals surface area contributed by atoms with Crippen LogP contribution in [0.5, 0.6) is 0 Å². The van der Waals surface area contributed by atoms with Gasteiger partial charge in [-0.05, 0) is 13.3 Å². The zero-order chi connectivity index (χ0) is 17.3. The number of hydrogen-bond acceptors (Lipinski definition) is 9. The van der Waals surface area contributed by atoms with Crippen molar-refractivity contribution in [2.45, 2.75) is 68.3 Å². The zero-order valence-electron chi connectivity index (χ0n) is 12.8. The van der Waals surface area contributed by atoms with Crippen LogP contribution in [0.2, 0.25) is 0 Å². The van der Waals surface area contributed by atoms with Gasteiger partial charge in [0.05, 0.1) is 24.9 Å². The standard InChI is InChI=1S/C14H26O9/c1-5-9(17)14(12(20)8(4-16)22-5)23-7-2-6(3-15)10(18)13(21)11(7)19/h5-21H,2-4H2,1H3. The monoisotopic (exact) mass is 338 g/mol. The first-order valence-electron chi connectivity index (χ1n) is 7.74. The minimum atomic E-state index is -1.51. The third-order valence-corrected chi connectivity index (χ3v) is 4.77. The highest BCUT2D eigenvalue weighted by Gasteiger charge is 2.48. The molecule has 0 bridgehead atoms. The van der Waals surface area contributed by atoms with Crippen LogP contribution in [0.3, 0.4) is 0 Å². The summed E-state index contributed by atoms with van der Waals surface area (Å²) in [6, 6.07) is 0. The van der Waals surface area contributed by atoms with Gasteiger partial charge < -0.3 is 45.2 Å². The highest BCUT2D eigenvalue weighted by atomic mass is 16.6. The Bertz CT molecular complexity index is 379. The van der Waals surface area contributed by atoms with Crippen molar-refractivity contribution in [3.05, 3.63) is 0 Å². The maximum absolute atomic E-state index is 10.2. The van der Waals surface area contributed by atoms with Crippen molar-refractivity contribution in [3.8, 4) is 0 Å². The van der Waals surface area contributed by atoms with Crippen LogP contribution >= 0.6 is 0 Å². The highest BCUT2D eigenvalue weighted by Crippen LogP contribution is 2.31. The Morgan fingerprint density at radius 2 is 1.52 bits per heavy atom. The van der Waals surface area contributed by atoms with E-state index in [1.54, 1.807) is 6.92 Å². The second kappa shape index (κ2) is 7.68. The first-order chi connectivity index (χ1) is 10.8. The Balaban J connectivity index is 2.11. The van der Waals surface area contributed by atoms with Gasteiger partial charge in [0.2, 0.25) is 0 Å². The smallest absolute Gasteiger partial charge is 0.115 e. The van der Waals surface area contributed by atoms with Gasteiger partial charge in [-0.3, -0.25) is 0 Å². The van der Waals surface area contributed by atoms with Gasteiger partial charge in [-0.1, -0.05) is 0 Å². The highest BCUT2D eigenvalue weighted by molar-refractivity contribution is 4.97. The van der Waals surface area contributed by atoms with Gasteiger partial charge >= 0.3 is 0 Å². The fraction of sp³-hybridized carbons (Fsp3) is 1.00. The summed E-state index contributed by atoms with van der Waals surface area (Å²) >= 11 is 0. The topological polar surface area (TPSA) is 160 Å². The van der Waals surface area contributed by atoms with Crippen molar-refractivity contribution in [3.63, 3.8) is 0 Å². The molecule has 0 spiro atoms. The minimum Gasteiger partial charge on any atom is -0.396 e. The molecule has 0 radical (unpaired) electrons. The number of ether oxygens (including phenoxy) is 2. The number of hydrogen-bond donors (Lipinski definition) is 7. The fourth-order valence-corrected chi connectivity index (χ4v) is 3.23. The minimum absolute atomic E-state index is 0.0465. The maximum Gasteiger partial charge on any atom is 0.115 e. The van der Waals surface area contributed by atoms with Crippen LogP contribution in [0.25, 0.3) is 0 Å². The summed E-state index contributed by atoms with van der Waals surface area (Å²) in [6.07, 6.45) is -10.5. The van der Waals surface area contributed by atoms with Crippen LogP contribution < -0.4 is 0 Å². The van der Waals surface area contributed by atoms with Gasteiger partial charge in [0.25, 0.3) is 0 Å². The Morgan fingerprint density at radius 3 is 2.09 bits per heavy atom. The largest absolute Gasteiger partial charge is 0.396 e. The van der Waals surface area contributed by atoms with Crippen molar-refractivity contribution in [1.82, 2.24) is 0 Å². The van der Waals surface area contributed by atoms with Gasteiger partial charge in [0.15, 0.2) is 0 Å². The third kappa shape index (κ3) is 3.68. The van der Waals surface area contributed by atoms with Gasteiger partial charge in [-0.15, -0.1) is 0 Å². The Kier molecular flexibility index (Phi) is 6.34. The molecule has 0 aromatic heterocycles. The first kappa shape index (κ1) is 19.0. The number of aliphatic hydroxyl groups is 7. The van der Waals surface area contributed by atoms with E-state index >= 15 is 0 Å². The Morgan fingerprint density at radius 1 is 0.870 bits per heavy atom. The lowest BCUT2D eigenvalue weighted by Gasteiger charge is -2.45. The predicted octanol–water partition coefficient (Wildman–Crippen LogP) is -3.66. The zero-order valence-corrected chi connectivity index (χ0v) is 12.8. The van der Waals surface area contributed by atoms with Crippen molar-refractivity contribution in [2.24, 2.45) is 5.92 Å². The fourth-order valence-electron chi connectivity index (χ4n) is 3.23. The molecule has 10 unspecified atom stereocenters. The molecule has 0 aromatic carbocycles. The van der Waals surface area contributed by atoms with Crippen molar-refractivity contribution < 1.29 is 45.2 Å². The SMILES string of the molecule is CC1OC(CO)C(O)C(OC2CC(CO)C(O)C(O)C2O)C1O. The molecule has 7 N–H and O–H groups in total. The molecule has 1 saturated heterocycles. The van der Waals surface area contributed by atoms with Crippen molar-refractivity contribution in [1.29, 1.82) is 0 Å². The van der Waals surface area contributed by atoms with Crippen LogP contribution in [0.1, 0.15) is 13.3 Å². The predicted molar refractivity (Wildman–Crippen MR) is 75.3 cm³/mol. The third-order valence-electron chi connectivity index (χ3n) is 4.77. The van der Waals surface area contributed by atoms with Gasteiger partial charge in [0.1, 0.15) is 36.6 Å². The number of rotatable bonds is 4. The molecule has 23 heavy (non-hydrogen) atoms. The molecule has 1 aliphatic heterocycles. The van der Waals surface area contributed by atoms with E-state index in [4.69, 9.17) is 9.47 Å². The molecule has 136 valence electrons. The molecule has 2 aliphatic rings. The summed E-state index contributed by atoms with van der Waals surface area (Å²) in [4.78, 5) is 0. The van der Waals surface area contributed by atoms with E-state index in [1.165, 1.54) is 0 Å². The molecule has 0 amide bonds. The van der Waals surface area contributed by atoms with Gasteiger partial charge in [-0.2, -0.15) is 0 Å². The van der Waals surface area contributed by atoms with E-state index in [1.807, 2.05) is 0 Å². The van der Waals surface area contributed by atoms with Crippen molar-refractivity contribution in [2.75, 3.05) is 13.2 Å². The normalized spacial score (nSPS) is 51.7. The molecule has 2 fully saturated rings. The summed E-state index contributed by atoms with van der Waals surface area (Å²) in [6.45, 7) is 0.688. The lowest BCUT2D eigenvalue weighted by Crippen LogP contribution is -2.62. The Hall–Kier alpha value is -0.360. The molecule has 0 aromatic rings. The van der Waals surface area contributed by atoms with Crippen LogP contribution in [0.15, 0.2) is 0 Å². The molecule has 2 rings (SSSR count). The van der Waals surface area contributed by atoms with Crippen LogP contribution in [0, 0.1) is 5.92 Å². The summed E-state index contributed by atoms with van der Waals surface area (Å²) in [5.41, 5.74) is 0. The van der Waals surface area contributed by atoms with Gasteiger partial charge in [-0.25, -0.2) is 0 Å². The molecule has 1 heterocycles. The van der Waals surface area contributed by atoms with E-state index in [0.717, 1.165) is 0 Å². The molecule has 9 nitrogen and oxygen atoms in total. The second-order valence-corrected chi connectivity index (χ2v) is 6.33. The van der Waals surface area contributed by atoms with E-state index in [0.29, 0.717) is 0 Å². The number of aliphatic hydroxyl groups excluding tert-OH is 7. The van der Waals surface area contributed by atoms with E-state index in [9.17, 15) is 35.7 Å². The van der Waals surface area contributed by atoms with Crippen LogP contribution in [0.4, 0.5) is 0 Å². The first-order valence-corrected chi connectivity index (χ1v) is 7.74. The average Bonchev–Trinajstić information content (AvgIpc) is 2.54. The summed E-state index contributed by atoms with van der Waals surface area (Å²) in [7, 11) is 0. The molecule has 10 atom stereocenters. The maximum atomic E-state index is 10.2. The van der Waals surface area contributed by atoms with Crippen LogP contribution in [-0.4, -0.2) is 104 Å². The lowest BCUT2D eigenvalue weighted by atomic mass is 9.81. The second-order valence-electron chi connectivity index (χ2n) is 6.33. The van der Waals surface area contributed by atoms with E-state index in [2.05, 4.69) is 0 Å². The summed E-state index contributed by atoms with van der Waals surface area (Å²) in [5, 5.41) is 68.5. The molecule has 1 saturated carbocycles. The van der Waals surface area contributed by atoms with E-state index < -0.39 is 74.1 Å². The average molecular weight is 338 g/mol. The van der Waals surface area contributed by atoms with Gasteiger partial charge in [0, 0.05) is 12.5 Å². The lowest BCUT2D eigenvalue weighted by molar-refractivity contribution is -0.269. The summed E-state index contributed by atoms with van der Waals surface area (Å²) < 4.78 is 10.9. The summed E-state index contributed by atoms with van der Waals surface area (Å²) in [5.74, 6) is -0.696. The van der Waals surface area contributed by atoms with E-state index in [-0.39, 0.29) is 6.42 Å². The molecular formula is C14H26O9. The molecule has 9 heteroatoms. The molecular weight excluding hydrogens is 312 g/mol. The Labute approximate surface area is 133 Å².